The van der Waals surface area contributed by atoms with Gasteiger partial charge >= 0.3 is 5.97 Å². The maximum Gasteiger partial charge on any atom is 0.303 e. The summed E-state index contributed by atoms with van der Waals surface area (Å²) in [5.41, 5.74) is 0.880. The molecule has 0 aromatic heterocycles. The van der Waals surface area contributed by atoms with E-state index < -0.39 is 12.1 Å². The molecule has 0 radical (unpaired) electrons. The Hall–Kier alpha value is -1.79. The molecule has 0 heterocycles. The zero-order chi connectivity index (χ0) is 17.2. The lowest BCUT2D eigenvalue weighted by Gasteiger charge is -2.17. The van der Waals surface area contributed by atoms with E-state index in [4.69, 9.17) is 14.6 Å². The van der Waals surface area contributed by atoms with E-state index in [1.807, 2.05) is 26.8 Å². The molecule has 1 aromatic rings. The average Bonchev–Trinajstić information content (AvgIpc) is 2.50. The largest absolute Gasteiger partial charge is 0.490 e. The second kappa shape index (κ2) is 10.1. The smallest absolute Gasteiger partial charge is 0.303 e. The predicted molar refractivity (Wildman–Crippen MR) is 88.2 cm³/mol. The van der Waals surface area contributed by atoms with Crippen LogP contribution in [-0.4, -0.2) is 48.1 Å². The minimum Gasteiger partial charge on any atom is -0.490 e. The molecule has 1 unspecified atom stereocenters. The number of hydrogen-bond donors (Lipinski definition) is 3. The van der Waals surface area contributed by atoms with Crippen molar-refractivity contribution in [3.05, 3.63) is 23.8 Å². The molecule has 1 rings (SSSR count). The van der Waals surface area contributed by atoms with Gasteiger partial charge in [-0.2, -0.15) is 0 Å². The second-order valence-electron chi connectivity index (χ2n) is 5.64. The summed E-state index contributed by atoms with van der Waals surface area (Å²) in [6.45, 7) is 6.99. The molecule has 3 N–H and O–H groups in total. The molecule has 0 saturated carbocycles. The molecular weight excluding hydrogens is 298 g/mol. The van der Waals surface area contributed by atoms with Gasteiger partial charge in [-0.1, -0.05) is 19.9 Å². The molecule has 1 aromatic carbocycles. The zero-order valence-electron chi connectivity index (χ0n) is 14.0. The molecular formula is C17H27NO5. The van der Waals surface area contributed by atoms with E-state index in [1.165, 1.54) is 0 Å². The number of aliphatic hydroxyl groups is 1. The summed E-state index contributed by atoms with van der Waals surface area (Å²) in [5, 5.41) is 21.8. The third-order valence-corrected chi connectivity index (χ3v) is 3.13. The highest BCUT2D eigenvalue weighted by atomic mass is 16.5. The van der Waals surface area contributed by atoms with Gasteiger partial charge in [-0.3, -0.25) is 4.79 Å². The van der Waals surface area contributed by atoms with Crippen molar-refractivity contribution in [2.24, 2.45) is 0 Å². The van der Waals surface area contributed by atoms with Crippen LogP contribution in [0, 0.1) is 0 Å². The van der Waals surface area contributed by atoms with Crippen molar-refractivity contribution in [1.29, 1.82) is 0 Å². The lowest BCUT2D eigenvalue weighted by Crippen LogP contribution is -2.35. The van der Waals surface area contributed by atoms with Crippen LogP contribution in [0.1, 0.15) is 32.8 Å². The predicted octanol–water partition coefficient (Wildman–Crippen LogP) is 1.84. The Morgan fingerprint density at radius 1 is 1.26 bits per heavy atom. The fourth-order valence-corrected chi connectivity index (χ4v) is 1.96. The van der Waals surface area contributed by atoms with Crippen molar-refractivity contribution < 1.29 is 24.5 Å². The van der Waals surface area contributed by atoms with Gasteiger partial charge in [0.05, 0.1) is 6.61 Å². The highest BCUT2D eigenvalue weighted by molar-refractivity contribution is 5.67. The summed E-state index contributed by atoms with van der Waals surface area (Å²) < 4.78 is 11.2. The van der Waals surface area contributed by atoms with Gasteiger partial charge in [0.2, 0.25) is 0 Å². The van der Waals surface area contributed by atoms with E-state index in [-0.39, 0.29) is 13.0 Å². The van der Waals surface area contributed by atoms with Gasteiger partial charge in [-0.25, -0.2) is 0 Å². The Morgan fingerprint density at radius 2 is 2.00 bits per heavy atom. The van der Waals surface area contributed by atoms with Crippen LogP contribution in [-0.2, 0) is 11.2 Å². The van der Waals surface area contributed by atoms with Crippen molar-refractivity contribution in [1.82, 2.24) is 5.32 Å². The van der Waals surface area contributed by atoms with E-state index >= 15 is 0 Å². The Morgan fingerprint density at radius 3 is 2.61 bits per heavy atom. The first-order valence-electron chi connectivity index (χ1n) is 7.94. The van der Waals surface area contributed by atoms with Crippen molar-refractivity contribution in [2.75, 3.05) is 19.8 Å². The van der Waals surface area contributed by atoms with Gasteiger partial charge in [0.25, 0.3) is 0 Å². The molecule has 23 heavy (non-hydrogen) atoms. The first kappa shape index (κ1) is 19.3. The Balaban J connectivity index is 2.64. The van der Waals surface area contributed by atoms with Crippen LogP contribution < -0.4 is 14.8 Å². The normalized spacial score (nSPS) is 12.2. The zero-order valence-corrected chi connectivity index (χ0v) is 14.0. The third kappa shape index (κ3) is 7.85. The van der Waals surface area contributed by atoms with Gasteiger partial charge in [0.1, 0.15) is 12.7 Å². The molecule has 0 bridgehead atoms. The summed E-state index contributed by atoms with van der Waals surface area (Å²) in [6, 6.07) is 5.67. The maximum absolute atomic E-state index is 10.6. The fraction of sp³-hybridized carbons (Fsp3) is 0.588. The highest BCUT2D eigenvalue weighted by Gasteiger charge is 2.11. The van der Waals surface area contributed by atoms with Crippen LogP contribution in [0.3, 0.4) is 0 Å². The number of aliphatic hydroxyl groups excluding tert-OH is 1. The summed E-state index contributed by atoms with van der Waals surface area (Å²) in [6.07, 6.45) is -0.0966. The fourth-order valence-electron chi connectivity index (χ4n) is 1.96. The molecule has 0 aliphatic carbocycles. The summed E-state index contributed by atoms with van der Waals surface area (Å²) in [7, 11) is 0. The van der Waals surface area contributed by atoms with E-state index in [0.717, 1.165) is 5.56 Å². The first-order valence-corrected chi connectivity index (χ1v) is 7.94. The number of carbonyl (C=O) groups is 1. The van der Waals surface area contributed by atoms with E-state index in [1.54, 1.807) is 12.1 Å². The number of nitrogens with one attached hydrogen (secondary N) is 1. The second-order valence-corrected chi connectivity index (χ2v) is 5.64. The molecule has 0 aliphatic rings. The number of carboxylic acids is 1. The first-order chi connectivity index (χ1) is 10.9. The van der Waals surface area contributed by atoms with Crippen LogP contribution in [0.25, 0.3) is 0 Å². The molecule has 6 nitrogen and oxygen atoms in total. The minimum atomic E-state index is -0.830. The standard InChI is InChI=1S/C17H27NO5/c1-4-22-16-9-13(6-8-17(20)21)5-7-15(16)23-11-14(19)10-18-12(2)3/h5,7,9,12,14,18-19H,4,6,8,10-11H2,1-3H3,(H,20,21). The SMILES string of the molecule is CCOc1cc(CCC(=O)O)ccc1OCC(O)CNC(C)C. The summed E-state index contributed by atoms with van der Waals surface area (Å²) in [4.78, 5) is 10.6. The van der Waals surface area contributed by atoms with Crippen LogP contribution in [0.2, 0.25) is 0 Å². The third-order valence-electron chi connectivity index (χ3n) is 3.13. The van der Waals surface area contributed by atoms with Crippen molar-refractivity contribution in [2.45, 2.75) is 45.8 Å². The quantitative estimate of drug-likeness (QED) is 0.575. The van der Waals surface area contributed by atoms with E-state index in [9.17, 15) is 9.90 Å². The minimum absolute atomic E-state index is 0.0748. The van der Waals surface area contributed by atoms with E-state index in [2.05, 4.69) is 5.32 Å². The Labute approximate surface area is 137 Å². The summed E-state index contributed by atoms with van der Waals surface area (Å²) in [5.74, 6) is 0.290. The van der Waals surface area contributed by atoms with Gasteiger partial charge in [0, 0.05) is 19.0 Å². The molecule has 130 valence electrons. The maximum atomic E-state index is 10.6. The highest BCUT2D eigenvalue weighted by Crippen LogP contribution is 2.29. The van der Waals surface area contributed by atoms with Crippen LogP contribution in [0.15, 0.2) is 18.2 Å². The molecule has 0 amide bonds. The van der Waals surface area contributed by atoms with Gasteiger partial charge < -0.3 is 25.0 Å². The Bertz CT molecular complexity index is 490. The molecule has 1 atom stereocenters. The lowest BCUT2D eigenvalue weighted by atomic mass is 10.1. The molecule has 6 heteroatoms. The lowest BCUT2D eigenvalue weighted by molar-refractivity contribution is -0.136. The molecule has 0 saturated heterocycles. The van der Waals surface area contributed by atoms with Crippen LogP contribution in [0.5, 0.6) is 11.5 Å². The van der Waals surface area contributed by atoms with Gasteiger partial charge in [-0.05, 0) is 31.0 Å². The topological polar surface area (TPSA) is 88.0 Å². The van der Waals surface area contributed by atoms with Crippen molar-refractivity contribution in [3.8, 4) is 11.5 Å². The van der Waals surface area contributed by atoms with E-state index in [0.29, 0.717) is 37.1 Å². The Kier molecular flexibility index (Phi) is 8.43. The number of aliphatic carboxylic acids is 1. The molecule has 0 fully saturated rings. The molecule has 0 spiro atoms. The van der Waals surface area contributed by atoms with Crippen molar-refractivity contribution >= 4 is 5.97 Å². The number of aryl methyl sites for hydroxylation is 1. The van der Waals surface area contributed by atoms with Gasteiger partial charge in [0.15, 0.2) is 11.5 Å². The summed E-state index contributed by atoms with van der Waals surface area (Å²) >= 11 is 0. The number of ether oxygens (including phenoxy) is 2. The number of hydrogen-bond acceptors (Lipinski definition) is 5. The van der Waals surface area contributed by atoms with Crippen molar-refractivity contribution in [3.63, 3.8) is 0 Å². The van der Waals surface area contributed by atoms with Gasteiger partial charge in [-0.15, -0.1) is 0 Å². The van der Waals surface area contributed by atoms with Crippen LogP contribution in [0.4, 0.5) is 0 Å². The monoisotopic (exact) mass is 325 g/mol. The average molecular weight is 325 g/mol. The number of benzene rings is 1. The molecule has 0 aliphatic heterocycles. The number of rotatable bonds is 11. The van der Waals surface area contributed by atoms with Crippen LogP contribution >= 0.6 is 0 Å². The number of carboxylic acid groups (broad SMARTS) is 1.